The second-order valence-electron chi connectivity index (χ2n) is 6.60. The summed E-state index contributed by atoms with van der Waals surface area (Å²) in [6.45, 7) is 9.75. The Labute approximate surface area is 200 Å². The lowest BCUT2D eigenvalue weighted by atomic mass is 10.2. The molecule has 2 aromatic rings. The monoisotopic (exact) mass is 468 g/mol. The van der Waals surface area contributed by atoms with Gasteiger partial charge in [0.2, 0.25) is 0 Å². The molecule has 0 atom stereocenters. The molecule has 0 spiro atoms. The number of hydrogen-bond donors (Lipinski definition) is 2. The summed E-state index contributed by atoms with van der Waals surface area (Å²) in [6.07, 6.45) is 3.05. The van der Waals surface area contributed by atoms with E-state index in [0.29, 0.717) is 49.4 Å². The van der Waals surface area contributed by atoms with E-state index in [2.05, 4.69) is 20.4 Å². The molecule has 0 heterocycles. The van der Waals surface area contributed by atoms with E-state index in [4.69, 9.17) is 30.4 Å². The molecule has 2 aromatic carbocycles. The van der Waals surface area contributed by atoms with Gasteiger partial charge >= 0.3 is 0 Å². The maximum atomic E-state index is 5.84. The van der Waals surface area contributed by atoms with Gasteiger partial charge in [0.25, 0.3) is 0 Å². The summed E-state index contributed by atoms with van der Waals surface area (Å²) < 4.78 is 22.3. The summed E-state index contributed by atoms with van der Waals surface area (Å²) in [4.78, 5) is 0. The van der Waals surface area contributed by atoms with Crippen molar-refractivity contribution in [2.75, 3.05) is 26.4 Å². The van der Waals surface area contributed by atoms with Crippen molar-refractivity contribution in [1.29, 1.82) is 0 Å². The Morgan fingerprint density at radius 3 is 1.32 bits per heavy atom. The lowest BCUT2D eigenvalue weighted by Crippen LogP contribution is -2.30. The molecule has 2 rings (SSSR count). The van der Waals surface area contributed by atoms with Crippen LogP contribution in [0.25, 0.3) is 0 Å². The minimum absolute atomic E-state index is 0.0638. The van der Waals surface area contributed by atoms with Crippen LogP contribution in [0.1, 0.15) is 38.8 Å². The Morgan fingerprint density at radius 2 is 0.971 bits per heavy atom. The normalized spacial score (nSPS) is 12.4. The van der Waals surface area contributed by atoms with E-state index in [1.54, 1.807) is 12.1 Å². The fourth-order valence-corrected chi connectivity index (χ4v) is 2.71. The topological polar surface area (TPSA) is 138 Å². The number of amidine groups is 2. The number of nitrogens with two attached hydrogens (primary N) is 2. The zero-order chi connectivity index (χ0) is 24.8. The molecule has 0 amide bonds. The summed E-state index contributed by atoms with van der Waals surface area (Å²) in [5, 5.41) is 15.7. The zero-order valence-electron chi connectivity index (χ0n) is 20.0. The molecule has 182 valence electrons. The van der Waals surface area contributed by atoms with Crippen molar-refractivity contribution in [3.63, 3.8) is 0 Å². The third-order valence-corrected chi connectivity index (χ3v) is 4.14. The third kappa shape index (κ3) is 8.12. The van der Waals surface area contributed by atoms with E-state index < -0.39 is 0 Å². The third-order valence-electron chi connectivity index (χ3n) is 4.14. The van der Waals surface area contributed by atoms with Crippen molar-refractivity contribution in [3.8, 4) is 23.0 Å². The highest BCUT2D eigenvalue weighted by molar-refractivity contribution is 6.39. The average Bonchev–Trinajstić information content (AvgIpc) is 2.82. The molecule has 0 aliphatic rings. The number of benzene rings is 2. The maximum absolute atomic E-state index is 5.84. The van der Waals surface area contributed by atoms with Gasteiger partial charge in [-0.1, -0.05) is 0 Å². The summed E-state index contributed by atoms with van der Waals surface area (Å²) in [5.41, 5.74) is 13.2. The standard InChI is InChI=1S/C24H32N6O4/c1-5-31-19-11-9-17(13-21(19)33-7-3)15-27-29-23(25)24(26)30-28-16-18-10-12-20(32-6-2)22(14-18)34-8-4/h9-16H,5-8H2,1-4H3,(H2,25,29)(H2,26,30). The fraction of sp³-hybridized carbons (Fsp3) is 0.333. The van der Waals surface area contributed by atoms with Gasteiger partial charge in [-0.3, -0.25) is 0 Å². The lowest BCUT2D eigenvalue weighted by Gasteiger charge is -2.10. The van der Waals surface area contributed by atoms with Gasteiger partial charge in [-0.2, -0.15) is 10.2 Å². The molecule has 0 aliphatic carbocycles. The number of nitrogens with zero attached hydrogens (tertiary/aromatic N) is 4. The molecule has 0 aliphatic heterocycles. The molecule has 10 heteroatoms. The van der Waals surface area contributed by atoms with E-state index >= 15 is 0 Å². The molecule has 0 fully saturated rings. The molecule has 0 unspecified atom stereocenters. The summed E-state index contributed by atoms with van der Waals surface area (Å²) in [5.74, 6) is 2.46. The van der Waals surface area contributed by atoms with Crippen LogP contribution in [0.3, 0.4) is 0 Å². The molecular weight excluding hydrogens is 436 g/mol. The molecule has 0 bridgehead atoms. The van der Waals surface area contributed by atoms with Crippen LogP contribution in [-0.2, 0) is 0 Å². The summed E-state index contributed by atoms with van der Waals surface area (Å²) in [6, 6.07) is 10.9. The highest BCUT2D eigenvalue weighted by atomic mass is 16.5. The highest BCUT2D eigenvalue weighted by Gasteiger charge is 2.06. The Balaban J connectivity index is 2.07. The largest absolute Gasteiger partial charge is 0.490 e. The molecule has 0 saturated carbocycles. The van der Waals surface area contributed by atoms with Gasteiger partial charge in [0, 0.05) is 0 Å². The molecule has 10 nitrogen and oxygen atoms in total. The summed E-state index contributed by atoms with van der Waals surface area (Å²) >= 11 is 0. The van der Waals surface area contributed by atoms with E-state index in [1.165, 1.54) is 12.4 Å². The van der Waals surface area contributed by atoms with Gasteiger partial charge in [0.15, 0.2) is 34.7 Å². The smallest absolute Gasteiger partial charge is 0.190 e. The molecule has 0 aromatic heterocycles. The van der Waals surface area contributed by atoms with Crippen LogP contribution in [0.4, 0.5) is 0 Å². The van der Waals surface area contributed by atoms with Crippen molar-refractivity contribution in [2.24, 2.45) is 31.9 Å². The van der Waals surface area contributed by atoms with Crippen LogP contribution in [0.5, 0.6) is 23.0 Å². The van der Waals surface area contributed by atoms with Gasteiger partial charge in [0.1, 0.15) is 0 Å². The first-order valence-electron chi connectivity index (χ1n) is 11.0. The molecule has 34 heavy (non-hydrogen) atoms. The highest BCUT2D eigenvalue weighted by Crippen LogP contribution is 2.28. The minimum atomic E-state index is -0.0638. The lowest BCUT2D eigenvalue weighted by molar-refractivity contribution is 0.288. The van der Waals surface area contributed by atoms with Crippen molar-refractivity contribution in [1.82, 2.24) is 0 Å². The average molecular weight is 469 g/mol. The number of hydrogen-bond acceptors (Lipinski definition) is 8. The predicted molar refractivity (Wildman–Crippen MR) is 136 cm³/mol. The maximum Gasteiger partial charge on any atom is 0.190 e. The fourth-order valence-electron chi connectivity index (χ4n) is 2.71. The van der Waals surface area contributed by atoms with Crippen molar-refractivity contribution in [3.05, 3.63) is 47.5 Å². The van der Waals surface area contributed by atoms with Gasteiger partial charge < -0.3 is 30.4 Å². The van der Waals surface area contributed by atoms with E-state index in [1.807, 2.05) is 52.0 Å². The molecule has 0 saturated heterocycles. The quantitative estimate of drug-likeness (QED) is 0.278. The predicted octanol–water partition coefficient (Wildman–Crippen LogP) is 3.36. The zero-order valence-corrected chi connectivity index (χ0v) is 20.0. The Hall–Kier alpha value is -4.08. The van der Waals surface area contributed by atoms with Crippen molar-refractivity contribution in [2.45, 2.75) is 27.7 Å². The Bertz CT molecular complexity index is 966. The van der Waals surface area contributed by atoms with Gasteiger partial charge in [0.05, 0.1) is 38.9 Å². The molecule has 4 N–H and O–H groups in total. The van der Waals surface area contributed by atoms with Crippen LogP contribution in [0, 0.1) is 0 Å². The van der Waals surface area contributed by atoms with Crippen LogP contribution < -0.4 is 30.4 Å². The van der Waals surface area contributed by atoms with E-state index in [-0.39, 0.29) is 11.7 Å². The SMILES string of the molecule is CCOc1ccc(C=NN=C(N)C(N)=NN=Cc2ccc(OCC)c(OCC)c2)cc1OCC. The first-order chi connectivity index (χ1) is 16.5. The van der Waals surface area contributed by atoms with E-state index in [9.17, 15) is 0 Å². The number of rotatable bonds is 12. The minimum Gasteiger partial charge on any atom is -0.490 e. The van der Waals surface area contributed by atoms with Crippen LogP contribution in [-0.4, -0.2) is 50.5 Å². The molecular formula is C24H32N6O4. The van der Waals surface area contributed by atoms with Crippen LogP contribution in [0.2, 0.25) is 0 Å². The molecule has 0 radical (unpaired) electrons. The Kier molecular flexibility index (Phi) is 10.9. The summed E-state index contributed by atoms with van der Waals surface area (Å²) in [7, 11) is 0. The second-order valence-corrected chi connectivity index (χ2v) is 6.60. The van der Waals surface area contributed by atoms with Crippen LogP contribution in [0.15, 0.2) is 56.8 Å². The van der Waals surface area contributed by atoms with Crippen LogP contribution >= 0.6 is 0 Å². The first-order valence-corrected chi connectivity index (χ1v) is 11.0. The van der Waals surface area contributed by atoms with Gasteiger partial charge in [-0.05, 0) is 75.2 Å². The van der Waals surface area contributed by atoms with Gasteiger partial charge in [-0.15, -0.1) is 10.2 Å². The van der Waals surface area contributed by atoms with E-state index in [0.717, 1.165) is 11.1 Å². The second kappa shape index (κ2) is 14.1. The number of ether oxygens (including phenoxy) is 4. The first kappa shape index (κ1) is 26.2. The Morgan fingerprint density at radius 1 is 0.618 bits per heavy atom. The van der Waals surface area contributed by atoms with Crippen molar-refractivity contribution >= 4 is 24.1 Å². The van der Waals surface area contributed by atoms with Gasteiger partial charge in [-0.25, -0.2) is 0 Å². The van der Waals surface area contributed by atoms with Crippen molar-refractivity contribution < 1.29 is 18.9 Å².